The Morgan fingerprint density at radius 3 is 2.84 bits per heavy atom. The smallest absolute Gasteiger partial charge is 0.207 e. The molecule has 0 spiro atoms. The molecule has 3 heterocycles. The Balaban J connectivity index is 2.09. The molecule has 19 heavy (non-hydrogen) atoms. The minimum absolute atomic E-state index is 0.253. The topological polar surface area (TPSA) is 119 Å². The van der Waals surface area contributed by atoms with E-state index in [0.29, 0.717) is 16.9 Å². The third-order valence-corrected chi connectivity index (χ3v) is 3.11. The standard InChI is InChI=1S/C11H13N5O3/c1-2-5-7(17)8(18)11(19-5)16-4-15-6-9(12)13-3-14-10(6)16/h2-4,7-8,11,17-18H,1H3,(H2,12,13,14)/b5-2-. The van der Waals surface area contributed by atoms with Gasteiger partial charge in [0.15, 0.2) is 11.5 Å². The zero-order valence-electron chi connectivity index (χ0n) is 10.1. The van der Waals surface area contributed by atoms with Gasteiger partial charge < -0.3 is 20.7 Å². The van der Waals surface area contributed by atoms with Crippen molar-refractivity contribution in [2.75, 3.05) is 5.73 Å². The van der Waals surface area contributed by atoms with Gasteiger partial charge in [-0.05, 0) is 13.0 Å². The van der Waals surface area contributed by atoms with Gasteiger partial charge in [-0.3, -0.25) is 4.57 Å². The van der Waals surface area contributed by atoms with E-state index in [1.807, 2.05) is 0 Å². The predicted molar refractivity (Wildman–Crippen MR) is 65.6 cm³/mol. The van der Waals surface area contributed by atoms with Crippen LogP contribution in [0.25, 0.3) is 11.2 Å². The number of nitrogen functional groups attached to an aromatic ring is 1. The maximum Gasteiger partial charge on any atom is 0.207 e. The molecule has 1 aliphatic heterocycles. The number of fused-ring (bicyclic) bond motifs is 1. The van der Waals surface area contributed by atoms with E-state index in [4.69, 9.17) is 10.5 Å². The van der Waals surface area contributed by atoms with Crippen molar-refractivity contribution in [3.8, 4) is 0 Å². The van der Waals surface area contributed by atoms with E-state index in [1.54, 1.807) is 13.0 Å². The maximum atomic E-state index is 10.0. The van der Waals surface area contributed by atoms with E-state index in [2.05, 4.69) is 15.0 Å². The van der Waals surface area contributed by atoms with Crippen molar-refractivity contribution in [1.29, 1.82) is 0 Å². The van der Waals surface area contributed by atoms with Gasteiger partial charge in [-0.1, -0.05) is 0 Å². The molecule has 1 fully saturated rings. The van der Waals surface area contributed by atoms with E-state index in [9.17, 15) is 10.2 Å². The van der Waals surface area contributed by atoms with Gasteiger partial charge in [-0.15, -0.1) is 0 Å². The largest absolute Gasteiger partial charge is 0.469 e. The Kier molecular flexibility index (Phi) is 2.61. The summed E-state index contributed by atoms with van der Waals surface area (Å²) in [6.07, 6.45) is 1.42. The van der Waals surface area contributed by atoms with Crippen LogP contribution in [0.15, 0.2) is 24.5 Å². The lowest BCUT2D eigenvalue weighted by atomic mass is 10.2. The van der Waals surface area contributed by atoms with Crippen LogP contribution in [0.1, 0.15) is 13.2 Å². The van der Waals surface area contributed by atoms with Crippen molar-refractivity contribution in [3.63, 3.8) is 0 Å². The van der Waals surface area contributed by atoms with Gasteiger partial charge in [-0.25, -0.2) is 15.0 Å². The highest BCUT2D eigenvalue weighted by molar-refractivity contribution is 5.81. The number of nitrogens with zero attached hydrogens (tertiary/aromatic N) is 4. The third-order valence-electron chi connectivity index (χ3n) is 3.11. The van der Waals surface area contributed by atoms with Gasteiger partial charge in [0.1, 0.15) is 36.1 Å². The van der Waals surface area contributed by atoms with Crippen LogP contribution in [0, 0.1) is 0 Å². The fraction of sp³-hybridized carbons (Fsp3) is 0.364. The molecule has 0 radical (unpaired) electrons. The van der Waals surface area contributed by atoms with Crippen LogP contribution in [-0.2, 0) is 4.74 Å². The summed E-state index contributed by atoms with van der Waals surface area (Å²) in [5.41, 5.74) is 6.57. The molecule has 2 aromatic heterocycles. The first-order valence-corrected chi connectivity index (χ1v) is 5.75. The average molecular weight is 263 g/mol. The molecule has 8 nitrogen and oxygen atoms in total. The molecule has 2 aromatic rings. The van der Waals surface area contributed by atoms with Gasteiger partial charge in [0.25, 0.3) is 0 Å². The zero-order valence-corrected chi connectivity index (χ0v) is 10.1. The first-order valence-electron chi connectivity index (χ1n) is 5.75. The summed E-state index contributed by atoms with van der Waals surface area (Å²) in [7, 11) is 0. The molecule has 4 N–H and O–H groups in total. The number of imidazole rings is 1. The Morgan fingerprint density at radius 2 is 2.16 bits per heavy atom. The normalized spacial score (nSPS) is 29.0. The Labute approximate surface area is 108 Å². The Bertz CT molecular complexity index is 653. The summed E-state index contributed by atoms with van der Waals surface area (Å²) in [5, 5.41) is 19.8. The minimum atomic E-state index is -1.10. The van der Waals surface area contributed by atoms with Crippen LogP contribution in [0.3, 0.4) is 0 Å². The molecule has 3 rings (SSSR count). The van der Waals surface area contributed by atoms with Crippen LogP contribution in [0.5, 0.6) is 0 Å². The van der Waals surface area contributed by atoms with Crippen molar-refractivity contribution >= 4 is 17.0 Å². The quantitative estimate of drug-likeness (QED) is 0.638. The second kappa shape index (κ2) is 4.18. The molecular formula is C11H13N5O3. The SMILES string of the molecule is C/C=C1\OC(n2cnc3c(N)ncnc32)C(O)C1O. The fourth-order valence-electron chi connectivity index (χ4n) is 2.12. The number of aromatic nitrogens is 4. The second-order valence-corrected chi connectivity index (χ2v) is 4.22. The number of aliphatic hydroxyl groups is 2. The highest BCUT2D eigenvalue weighted by Gasteiger charge is 2.41. The number of rotatable bonds is 1. The third kappa shape index (κ3) is 1.65. The van der Waals surface area contributed by atoms with Crippen molar-refractivity contribution in [3.05, 3.63) is 24.5 Å². The van der Waals surface area contributed by atoms with Crippen molar-refractivity contribution in [2.24, 2.45) is 0 Å². The lowest BCUT2D eigenvalue weighted by Gasteiger charge is -2.15. The molecule has 0 aromatic carbocycles. The first-order chi connectivity index (χ1) is 9.13. The van der Waals surface area contributed by atoms with Crippen molar-refractivity contribution in [1.82, 2.24) is 19.5 Å². The summed E-state index contributed by atoms with van der Waals surface area (Å²) >= 11 is 0. The number of hydrogen-bond donors (Lipinski definition) is 3. The number of hydrogen-bond acceptors (Lipinski definition) is 7. The summed E-state index contributed by atoms with van der Waals surface area (Å²) in [6.45, 7) is 1.72. The van der Waals surface area contributed by atoms with E-state index in [-0.39, 0.29) is 5.82 Å². The molecule has 0 saturated carbocycles. The fourth-order valence-corrected chi connectivity index (χ4v) is 2.12. The van der Waals surface area contributed by atoms with Gasteiger partial charge in [0.2, 0.25) is 6.23 Å². The number of anilines is 1. The monoisotopic (exact) mass is 263 g/mol. The number of nitrogens with two attached hydrogens (primary N) is 1. The molecule has 0 bridgehead atoms. The lowest BCUT2D eigenvalue weighted by Crippen LogP contribution is -2.27. The van der Waals surface area contributed by atoms with Crippen LogP contribution in [-0.4, -0.2) is 41.9 Å². The number of ether oxygens (including phenoxy) is 1. The number of allylic oxidation sites excluding steroid dienone is 1. The molecule has 0 aliphatic carbocycles. The lowest BCUT2D eigenvalue weighted by molar-refractivity contribution is -0.0118. The zero-order chi connectivity index (χ0) is 13.6. The van der Waals surface area contributed by atoms with Gasteiger partial charge in [0.05, 0.1) is 0 Å². The summed E-state index contributed by atoms with van der Waals surface area (Å²) < 4.78 is 7.04. The van der Waals surface area contributed by atoms with Crippen molar-refractivity contribution in [2.45, 2.75) is 25.4 Å². The van der Waals surface area contributed by atoms with Gasteiger partial charge >= 0.3 is 0 Å². The summed E-state index contributed by atoms with van der Waals surface area (Å²) in [6, 6.07) is 0. The molecule has 100 valence electrons. The van der Waals surface area contributed by atoms with Crippen molar-refractivity contribution < 1.29 is 14.9 Å². The van der Waals surface area contributed by atoms with E-state index in [0.717, 1.165) is 0 Å². The Hall–Kier alpha value is -2.19. The van der Waals surface area contributed by atoms with E-state index >= 15 is 0 Å². The van der Waals surface area contributed by atoms with Gasteiger partial charge in [-0.2, -0.15) is 0 Å². The molecule has 1 saturated heterocycles. The van der Waals surface area contributed by atoms with Crippen LogP contribution in [0.4, 0.5) is 5.82 Å². The average Bonchev–Trinajstić information content (AvgIpc) is 2.94. The molecule has 3 atom stereocenters. The van der Waals surface area contributed by atoms with E-state index < -0.39 is 18.4 Å². The molecule has 3 unspecified atom stereocenters. The molecular weight excluding hydrogens is 250 g/mol. The first kappa shape index (κ1) is 11.9. The van der Waals surface area contributed by atoms with Gasteiger partial charge in [0, 0.05) is 0 Å². The molecule has 1 aliphatic rings. The highest BCUT2D eigenvalue weighted by Crippen LogP contribution is 2.33. The van der Waals surface area contributed by atoms with Crippen LogP contribution < -0.4 is 5.73 Å². The highest BCUT2D eigenvalue weighted by atomic mass is 16.5. The van der Waals surface area contributed by atoms with Crippen LogP contribution >= 0.6 is 0 Å². The predicted octanol–water partition coefficient (Wildman–Crippen LogP) is -0.437. The molecule has 0 amide bonds. The minimum Gasteiger partial charge on any atom is -0.469 e. The summed E-state index contributed by atoms with van der Waals surface area (Å²) in [5.74, 6) is 0.574. The van der Waals surface area contributed by atoms with E-state index in [1.165, 1.54) is 17.2 Å². The van der Waals surface area contributed by atoms with Crippen LogP contribution in [0.2, 0.25) is 0 Å². The number of aliphatic hydroxyl groups excluding tert-OH is 2. The summed E-state index contributed by atoms with van der Waals surface area (Å²) in [4.78, 5) is 12.0. The maximum absolute atomic E-state index is 10.0. The Morgan fingerprint density at radius 1 is 1.37 bits per heavy atom. The second-order valence-electron chi connectivity index (χ2n) is 4.22. The molecule has 8 heteroatoms.